The molecule has 2 aromatic heterocycles. The highest BCUT2D eigenvalue weighted by Crippen LogP contribution is 2.28. The van der Waals surface area contributed by atoms with Crippen LogP contribution in [0.4, 0.5) is 10.1 Å². The number of tetrazole rings is 1. The van der Waals surface area contributed by atoms with Gasteiger partial charge in [0.15, 0.2) is 16.8 Å². The fraction of sp³-hybridized carbons (Fsp3) is 0.0833. The van der Waals surface area contributed by atoms with Gasteiger partial charge in [-0.05, 0) is 47.7 Å². The van der Waals surface area contributed by atoms with Crippen molar-refractivity contribution in [3.05, 3.63) is 90.5 Å². The van der Waals surface area contributed by atoms with Gasteiger partial charge in [-0.25, -0.2) is 4.39 Å². The van der Waals surface area contributed by atoms with Crippen molar-refractivity contribution in [1.82, 2.24) is 35.0 Å². The van der Waals surface area contributed by atoms with Gasteiger partial charge >= 0.3 is 0 Å². The quantitative estimate of drug-likeness (QED) is 0.346. The molecule has 1 amide bonds. The number of amides is 1. The SMILES string of the molecule is Cc1nnnn1-c1ccc(F)c(NC(=O)CSc2nnc(-c3ccccc3)n2-c2ccccc2)c1. The van der Waals surface area contributed by atoms with Crippen molar-refractivity contribution in [2.75, 3.05) is 11.1 Å². The largest absolute Gasteiger partial charge is 0.323 e. The van der Waals surface area contributed by atoms with E-state index in [1.807, 2.05) is 65.2 Å². The maximum atomic E-state index is 14.4. The topological polar surface area (TPSA) is 103 Å². The van der Waals surface area contributed by atoms with Crippen molar-refractivity contribution in [2.45, 2.75) is 12.1 Å². The molecule has 174 valence electrons. The van der Waals surface area contributed by atoms with Gasteiger partial charge in [0, 0.05) is 11.3 Å². The summed E-state index contributed by atoms with van der Waals surface area (Å²) in [4.78, 5) is 12.7. The number of para-hydroxylation sites is 1. The predicted octanol–water partition coefficient (Wildman–Crippen LogP) is 4.09. The second-order valence-corrected chi connectivity index (χ2v) is 8.42. The number of hydrogen-bond acceptors (Lipinski definition) is 7. The molecule has 0 saturated carbocycles. The Balaban J connectivity index is 1.36. The average Bonchev–Trinajstić information content (AvgIpc) is 3.51. The molecule has 0 unspecified atom stereocenters. The smallest absolute Gasteiger partial charge is 0.234 e. The maximum Gasteiger partial charge on any atom is 0.234 e. The van der Waals surface area contributed by atoms with Crippen LogP contribution >= 0.6 is 11.8 Å². The molecule has 0 saturated heterocycles. The van der Waals surface area contributed by atoms with Gasteiger partial charge in [0.1, 0.15) is 5.82 Å². The van der Waals surface area contributed by atoms with Gasteiger partial charge in [-0.15, -0.1) is 15.3 Å². The summed E-state index contributed by atoms with van der Waals surface area (Å²) >= 11 is 1.21. The van der Waals surface area contributed by atoms with Crippen LogP contribution in [-0.4, -0.2) is 46.6 Å². The normalized spacial score (nSPS) is 10.9. The number of nitrogens with zero attached hydrogens (tertiary/aromatic N) is 7. The molecular formula is C24H19FN8OS. The van der Waals surface area contributed by atoms with Crippen LogP contribution in [0.5, 0.6) is 0 Å². The third-order valence-electron chi connectivity index (χ3n) is 5.11. The number of hydrogen-bond donors (Lipinski definition) is 1. The molecule has 3 aromatic carbocycles. The molecule has 35 heavy (non-hydrogen) atoms. The first-order valence-corrected chi connectivity index (χ1v) is 11.6. The van der Waals surface area contributed by atoms with Gasteiger partial charge in [-0.3, -0.25) is 9.36 Å². The Bertz CT molecular complexity index is 1470. The molecule has 0 fully saturated rings. The zero-order valence-electron chi connectivity index (χ0n) is 18.5. The molecule has 9 nitrogen and oxygen atoms in total. The minimum absolute atomic E-state index is 0.00727. The molecule has 0 aliphatic heterocycles. The lowest BCUT2D eigenvalue weighted by atomic mass is 10.2. The third-order valence-corrected chi connectivity index (χ3v) is 6.04. The van der Waals surface area contributed by atoms with Crippen LogP contribution in [0, 0.1) is 12.7 Å². The van der Waals surface area contributed by atoms with Crippen LogP contribution in [0.3, 0.4) is 0 Å². The van der Waals surface area contributed by atoms with E-state index in [4.69, 9.17) is 0 Å². The van der Waals surface area contributed by atoms with Crippen LogP contribution in [-0.2, 0) is 4.79 Å². The van der Waals surface area contributed by atoms with Gasteiger partial charge in [0.25, 0.3) is 0 Å². The Labute approximate surface area is 204 Å². The van der Waals surface area contributed by atoms with Crippen LogP contribution in [0.25, 0.3) is 22.8 Å². The summed E-state index contributed by atoms with van der Waals surface area (Å²) < 4.78 is 17.8. The van der Waals surface area contributed by atoms with Crippen molar-refractivity contribution < 1.29 is 9.18 Å². The monoisotopic (exact) mass is 486 g/mol. The molecule has 0 aliphatic carbocycles. The lowest BCUT2D eigenvalue weighted by molar-refractivity contribution is -0.113. The third kappa shape index (κ3) is 4.80. The lowest BCUT2D eigenvalue weighted by Gasteiger charge is -2.11. The number of carbonyl (C=O) groups excluding carboxylic acids is 1. The summed E-state index contributed by atoms with van der Waals surface area (Å²) in [5.74, 6) is 0.266. The highest BCUT2D eigenvalue weighted by Gasteiger charge is 2.18. The summed E-state index contributed by atoms with van der Waals surface area (Å²) in [7, 11) is 0. The number of aryl methyl sites for hydroxylation is 1. The summed E-state index contributed by atoms with van der Waals surface area (Å²) in [6.45, 7) is 1.73. The fourth-order valence-electron chi connectivity index (χ4n) is 3.47. The average molecular weight is 487 g/mol. The van der Waals surface area contributed by atoms with E-state index in [9.17, 15) is 9.18 Å². The number of anilines is 1. The summed E-state index contributed by atoms with van der Waals surface area (Å²) in [6.07, 6.45) is 0. The van der Waals surface area contributed by atoms with Crippen molar-refractivity contribution in [2.24, 2.45) is 0 Å². The molecular weight excluding hydrogens is 467 g/mol. The van der Waals surface area contributed by atoms with E-state index in [1.165, 1.54) is 34.6 Å². The minimum Gasteiger partial charge on any atom is -0.323 e. The van der Waals surface area contributed by atoms with Gasteiger partial charge in [0.2, 0.25) is 5.91 Å². The second-order valence-electron chi connectivity index (χ2n) is 7.48. The highest BCUT2D eigenvalue weighted by atomic mass is 32.2. The first-order chi connectivity index (χ1) is 17.1. The number of halogens is 1. The van der Waals surface area contributed by atoms with E-state index in [-0.39, 0.29) is 17.3 Å². The van der Waals surface area contributed by atoms with Crippen molar-refractivity contribution in [3.8, 4) is 22.8 Å². The van der Waals surface area contributed by atoms with Gasteiger partial charge in [-0.1, -0.05) is 60.3 Å². The molecule has 2 heterocycles. The van der Waals surface area contributed by atoms with E-state index in [1.54, 1.807) is 6.92 Å². The van der Waals surface area contributed by atoms with Crippen molar-refractivity contribution in [1.29, 1.82) is 0 Å². The number of rotatable bonds is 7. The summed E-state index contributed by atoms with van der Waals surface area (Å²) in [6, 6.07) is 23.6. The molecule has 5 aromatic rings. The molecule has 1 N–H and O–H groups in total. The Hall–Kier alpha value is -4.38. The molecule has 5 rings (SSSR count). The zero-order valence-corrected chi connectivity index (χ0v) is 19.4. The predicted molar refractivity (Wildman–Crippen MR) is 130 cm³/mol. The van der Waals surface area contributed by atoms with Gasteiger partial charge < -0.3 is 5.32 Å². The zero-order chi connectivity index (χ0) is 24.2. The number of nitrogens with one attached hydrogen (secondary N) is 1. The Morgan fingerprint density at radius 3 is 2.40 bits per heavy atom. The van der Waals surface area contributed by atoms with Crippen LogP contribution < -0.4 is 5.32 Å². The van der Waals surface area contributed by atoms with E-state index < -0.39 is 5.82 Å². The van der Waals surface area contributed by atoms with Crippen LogP contribution in [0.2, 0.25) is 0 Å². The second kappa shape index (κ2) is 9.85. The number of aromatic nitrogens is 7. The molecule has 0 radical (unpaired) electrons. The Morgan fingerprint density at radius 2 is 1.69 bits per heavy atom. The Kier molecular flexibility index (Phi) is 6.31. The number of thioether (sulfide) groups is 1. The maximum absolute atomic E-state index is 14.4. The molecule has 0 bridgehead atoms. The minimum atomic E-state index is -0.559. The van der Waals surface area contributed by atoms with E-state index in [0.717, 1.165) is 11.3 Å². The molecule has 11 heteroatoms. The van der Waals surface area contributed by atoms with Gasteiger partial charge in [0.05, 0.1) is 17.1 Å². The summed E-state index contributed by atoms with van der Waals surface area (Å²) in [5, 5.41) is 23.2. The molecule has 0 aliphatic rings. The first kappa shape index (κ1) is 22.4. The molecule has 0 atom stereocenters. The van der Waals surface area contributed by atoms with Gasteiger partial charge in [-0.2, -0.15) is 4.68 Å². The number of carbonyl (C=O) groups is 1. The van der Waals surface area contributed by atoms with E-state index in [2.05, 4.69) is 31.0 Å². The molecule has 0 spiro atoms. The highest BCUT2D eigenvalue weighted by molar-refractivity contribution is 7.99. The summed E-state index contributed by atoms with van der Waals surface area (Å²) in [5.41, 5.74) is 2.34. The Morgan fingerprint density at radius 1 is 0.943 bits per heavy atom. The van der Waals surface area contributed by atoms with Crippen molar-refractivity contribution >= 4 is 23.4 Å². The lowest BCUT2D eigenvalue weighted by Crippen LogP contribution is -2.16. The van der Waals surface area contributed by atoms with E-state index >= 15 is 0 Å². The number of benzene rings is 3. The first-order valence-electron chi connectivity index (χ1n) is 10.6. The van der Waals surface area contributed by atoms with Crippen LogP contribution in [0.1, 0.15) is 5.82 Å². The van der Waals surface area contributed by atoms with E-state index in [0.29, 0.717) is 22.5 Å². The fourth-order valence-corrected chi connectivity index (χ4v) is 4.23. The van der Waals surface area contributed by atoms with Crippen molar-refractivity contribution in [3.63, 3.8) is 0 Å². The van der Waals surface area contributed by atoms with Crippen LogP contribution in [0.15, 0.2) is 84.0 Å². The standard InChI is InChI=1S/C24H19FN8OS/c1-16-27-30-31-33(16)19-12-13-20(25)21(14-19)26-22(34)15-35-24-29-28-23(17-8-4-2-5-9-17)32(24)18-10-6-3-7-11-18/h2-14H,15H2,1H3,(H,26,34).